The Balaban J connectivity index is 2.00. The molecule has 2 aromatic rings. The van der Waals surface area contributed by atoms with E-state index in [2.05, 4.69) is 10.3 Å². The molecule has 1 amide bonds. The normalized spacial score (nSPS) is 10.6. The number of nitrogens with one attached hydrogen (secondary N) is 1. The molecule has 102 valence electrons. The van der Waals surface area contributed by atoms with Crippen molar-refractivity contribution in [3.8, 4) is 0 Å². The van der Waals surface area contributed by atoms with Crippen LogP contribution >= 0.6 is 0 Å². The highest BCUT2D eigenvalue weighted by atomic mass is 16.4. The maximum absolute atomic E-state index is 12.0. The third-order valence-electron chi connectivity index (χ3n) is 2.84. The fourth-order valence-corrected chi connectivity index (χ4v) is 1.82. The third kappa shape index (κ3) is 2.96. The van der Waals surface area contributed by atoms with Crippen LogP contribution in [0.5, 0.6) is 0 Å². The van der Waals surface area contributed by atoms with Crippen LogP contribution in [0.1, 0.15) is 36.0 Å². The molecule has 0 saturated carbocycles. The van der Waals surface area contributed by atoms with Gasteiger partial charge >= 0.3 is 0 Å². The van der Waals surface area contributed by atoms with Crippen molar-refractivity contribution in [2.75, 3.05) is 5.73 Å². The number of rotatable bonds is 5. The number of hydrogen-bond acceptors (Lipinski definition) is 4. The van der Waals surface area contributed by atoms with Crippen LogP contribution < -0.4 is 11.1 Å². The SMILES string of the molecule is CCc1cnc(CNC(=O)c2cc(N)cn2CC)o1. The van der Waals surface area contributed by atoms with Gasteiger partial charge in [0.1, 0.15) is 11.5 Å². The van der Waals surface area contributed by atoms with Crippen molar-refractivity contribution >= 4 is 11.6 Å². The summed E-state index contributed by atoms with van der Waals surface area (Å²) in [6.07, 6.45) is 4.21. The van der Waals surface area contributed by atoms with Crippen LogP contribution in [0.3, 0.4) is 0 Å². The summed E-state index contributed by atoms with van der Waals surface area (Å²) in [6, 6.07) is 1.66. The van der Waals surface area contributed by atoms with Gasteiger partial charge in [-0.05, 0) is 13.0 Å². The van der Waals surface area contributed by atoms with Gasteiger partial charge in [0.25, 0.3) is 5.91 Å². The van der Waals surface area contributed by atoms with Crippen molar-refractivity contribution in [1.29, 1.82) is 0 Å². The van der Waals surface area contributed by atoms with Crippen molar-refractivity contribution in [3.05, 3.63) is 35.8 Å². The largest absolute Gasteiger partial charge is 0.444 e. The summed E-state index contributed by atoms with van der Waals surface area (Å²) in [5, 5.41) is 2.77. The van der Waals surface area contributed by atoms with Gasteiger partial charge in [0.15, 0.2) is 0 Å². The second-order valence-electron chi connectivity index (χ2n) is 4.20. The predicted octanol–water partition coefficient (Wildman–Crippen LogP) is 1.57. The monoisotopic (exact) mass is 262 g/mol. The molecule has 0 aliphatic rings. The molecule has 6 heteroatoms. The van der Waals surface area contributed by atoms with E-state index in [0.29, 0.717) is 23.8 Å². The highest BCUT2D eigenvalue weighted by Crippen LogP contribution is 2.11. The van der Waals surface area contributed by atoms with Gasteiger partial charge in [-0.15, -0.1) is 0 Å². The summed E-state index contributed by atoms with van der Waals surface area (Å²) < 4.78 is 7.23. The molecular weight excluding hydrogens is 244 g/mol. The van der Waals surface area contributed by atoms with Crippen LogP contribution in [-0.2, 0) is 19.5 Å². The van der Waals surface area contributed by atoms with Gasteiger partial charge in [-0.1, -0.05) is 6.92 Å². The fraction of sp³-hybridized carbons (Fsp3) is 0.385. The van der Waals surface area contributed by atoms with E-state index in [1.165, 1.54) is 0 Å². The Morgan fingerprint density at radius 1 is 1.53 bits per heavy atom. The maximum atomic E-state index is 12.0. The highest BCUT2D eigenvalue weighted by molar-refractivity contribution is 5.93. The topological polar surface area (TPSA) is 86.1 Å². The lowest BCUT2D eigenvalue weighted by Gasteiger charge is -2.05. The van der Waals surface area contributed by atoms with E-state index >= 15 is 0 Å². The van der Waals surface area contributed by atoms with Gasteiger partial charge in [-0.3, -0.25) is 4.79 Å². The lowest BCUT2D eigenvalue weighted by Crippen LogP contribution is -2.25. The van der Waals surface area contributed by atoms with Gasteiger partial charge in [0, 0.05) is 19.2 Å². The number of nitrogens with two attached hydrogens (primary N) is 1. The number of amides is 1. The molecule has 0 aliphatic heterocycles. The van der Waals surface area contributed by atoms with Crippen molar-refractivity contribution in [2.45, 2.75) is 33.4 Å². The summed E-state index contributed by atoms with van der Waals surface area (Å²) in [6.45, 7) is 4.91. The molecule has 0 fully saturated rings. The summed E-state index contributed by atoms with van der Waals surface area (Å²) in [4.78, 5) is 16.1. The van der Waals surface area contributed by atoms with E-state index in [-0.39, 0.29) is 12.5 Å². The van der Waals surface area contributed by atoms with Crippen molar-refractivity contribution in [2.24, 2.45) is 0 Å². The van der Waals surface area contributed by atoms with Crippen LogP contribution in [0, 0.1) is 0 Å². The molecular formula is C13H18N4O2. The van der Waals surface area contributed by atoms with Crippen LogP contribution in [-0.4, -0.2) is 15.5 Å². The Kier molecular flexibility index (Phi) is 3.89. The first-order valence-electron chi connectivity index (χ1n) is 6.31. The number of nitrogens with zero attached hydrogens (tertiary/aromatic N) is 2. The standard InChI is InChI=1S/C13H18N4O2/c1-3-10-6-15-12(19-10)7-16-13(18)11-5-9(14)8-17(11)4-2/h5-6,8H,3-4,7,14H2,1-2H3,(H,16,18). The van der Waals surface area contributed by atoms with E-state index in [1.807, 2.05) is 13.8 Å². The number of oxazole rings is 1. The lowest BCUT2D eigenvalue weighted by molar-refractivity contribution is 0.0938. The molecule has 2 heterocycles. The van der Waals surface area contributed by atoms with Gasteiger partial charge in [-0.2, -0.15) is 0 Å². The molecule has 0 aliphatic carbocycles. The zero-order chi connectivity index (χ0) is 13.8. The number of hydrogen-bond donors (Lipinski definition) is 2. The van der Waals surface area contributed by atoms with E-state index < -0.39 is 0 Å². The highest BCUT2D eigenvalue weighted by Gasteiger charge is 2.12. The molecule has 0 atom stereocenters. The molecule has 2 rings (SSSR count). The van der Waals surface area contributed by atoms with Crippen LogP contribution in [0.15, 0.2) is 22.9 Å². The Morgan fingerprint density at radius 3 is 2.95 bits per heavy atom. The summed E-state index contributed by atoms with van der Waals surface area (Å²) in [7, 11) is 0. The van der Waals surface area contributed by atoms with Crippen molar-refractivity contribution in [1.82, 2.24) is 14.9 Å². The minimum atomic E-state index is -0.185. The van der Waals surface area contributed by atoms with Gasteiger partial charge < -0.3 is 20.0 Å². The number of nitrogen functional groups attached to an aromatic ring is 1. The van der Waals surface area contributed by atoms with Crippen molar-refractivity contribution < 1.29 is 9.21 Å². The van der Waals surface area contributed by atoms with Crippen molar-refractivity contribution in [3.63, 3.8) is 0 Å². The lowest BCUT2D eigenvalue weighted by atomic mass is 10.3. The number of aromatic nitrogens is 2. The Bertz CT molecular complexity index is 571. The first-order valence-corrected chi connectivity index (χ1v) is 6.31. The summed E-state index contributed by atoms with van der Waals surface area (Å²) >= 11 is 0. The molecule has 19 heavy (non-hydrogen) atoms. The number of aryl methyl sites for hydroxylation is 2. The molecule has 6 nitrogen and oxygen atoms in total. The minimum absolute atomic E-state index is 0.185. The summed E-state index contributed by atoms with van der Waals surface area (Å²) in [5.74, 6) is 1.13. The fourth-order valence-electron chi connectivity index (χ4n) is 1.82. The maximum Gasteiger partial charge on any atom is 0.268 e. The quantitative estimate of drug-likeness (QED) is 0.856. The Labute approximate surface area is 111 Å². The molecule has 0 radical (unpaired) electrons. The second kappa shape index (κ2) is 5.60. The molecule has 3 N–H and O–H groups in total. The van der Waals surface area contributed by atoms with Gasteiger partial charge in [0.05, 0.1) is 18.4 Å². The van der Waals surface area contributed by atoms with Gasteiger partial charge in [0.2, 0.25) is 5.89 Å². The Morgan fingerprint density at radius 2 is 2.32 bits per heavy atom. The molecule has 2 aromatic heterocycles. The minimum Gasteiger partial charge on any atom is -0.444 e. The molecule has 0 bridgehead atoms. The zero-order valence-corrected chi connectivity index (χ0v) is 11.1. The molecule has 0 aromatic carbocycles. The number of anilines is 1. The van der Waals surface area contributed by atoms with Crippen LogP contribution in [0.4, 0.5) is 5.69 Å². The molecule has 0 unspecified atom stereocenters. The van der Waals surface area contributed by atoms with Crippen LogP contribution in [0.2, 0.25) is 0 Å². The number of carbonyl (C=O) groups is 1. The first-order chi connectivity index (χ1) is 9.13. The van der Waals surface area contributed by atoms with Gasteiger partial charge in [-0.25, -0.2) is 4.98 Å². The van der Waals surface area contributed by atoms with E-state index in [1.54, 1.807) is 23.0 Å². The zero-order valence-electron chi connectivity index (χ0n) is 11.1. The Hall–Kier alpha value is -2.24. The van der Waals surface area contributed by atoms with Crippen LogP contribution in [0.25, 0.3) is 0 Å². The average Bonchev–Trinajstić information content (AvgIpc) is 3.01. The predicted molar refractivity (Wildman–Crippen MR) is 71.6 cm³/mol. The summed E-state index contributed by atoms with van der Waals surface area (Å²) in [5.41, 5.74) is 6.81. The number of carbonyl (C=O) groups excluding carboxylic acids is 1. The molecule has 0 saturated heterocycles. The van der Waals surface area contributed by atoms with E-state index in [9.17, 15) is 4.79 Å². The average molecular weight is 262 g/mol. The van der Waals surface area contributed by atoms with E-state index in [4.69, 9.17) is 10.2 Å². The smallest absolute Gasteiger partial charge is 0.268 e. The third-order valence-corrected chi connectivity index (χ3v) is 2.84. The molecule has 0 spiro atoms. The second-order valence-corrected chi connectivity index (χ2v) is 4.20. The van der Waals surface area contributed by atoms with E-state index in [0.717, 1.165) is 12.2 Å². The first kappa shape index (κ1) is 13.2.